The zero-order valence-corrected chi connectivity index (χ0v) is 13.5. The van der Waals surface area contributed by atoms with Gasteiger partial charge in [-0.05, 0) is 31.1 Å². The Morgan fingerprint density at radius 1 is 1.35 bits per heavy atom. The van der Waals surface area contributed by atoms with Crippen molar-refractivity contribution in [3.05, 3.63) is 18.7 Å². The summed E-state index contributed by atoms with van der Waals surface area (Å²) in [5.41, 5.74) is 0.442. The molecule has 1 aliphatic heterocycles. The third-order valence-electron chi connectivity index (χ3n) is 4.25. The van der Waals surface area contributed by atoms with Gasteiger partial charge in [0.2, 0.25) is 0 Å². The van der Waals surface area contributed by atoms with Crippen LogP contribution < -0.4 is 5.32 Å². The maximum Gasteiger partial charge on any atom is 0.156 e. The molecular weight excluding hydrogens is 268 g/mol. The molecule has 0 saturated heterocycles. The van der Waals surface area contributed by atoms with Gasteiger partial charge in [-0.2, -0.15) is 0 Å². The molecule has 0 saturated carbocycles. The fourth-order valence-electron chi connectivity index (χ4n) is 2.37. The van der Waals surface area contributed by atoms with Crippen LogP contribution in [0.2, 0.25) is 0 Å². The van der Waals surface area contributed by atoms with Gasteiger partial charge in [0, 0.05) is 37.8 Å². The first kappa shape index (κ1) is 15.4. The standard InChI is InChI=1S/C15H26N4S/c1-3-15(4-2)11-18-14(20-12-15)17-7-5-6-9-19-10-8-16-13-19/h8,10,13H,3-7,9,11-12H2,1-2H3,(H,17,18). The molecule has 1 aromatic rings. The average molecular weight is 294 g/mol. The van der Waals surface area contributed by atoms with Crippen LogP contribution in [0.15, 0.2) is 23.7 Å². The second-order valence-corrected chi connectivity index (χ2v) is 6.52. The van der Waals surface area contributed by atoms with Crippen LogP contribution in [-0.2, 0) is 6.54 Å². The van der Waals surface area contributed by atoms with Gasteiger partial charge < -0.3 is 9.88 Å². The third kappa shape index (κ3) is 4.27. The van der Waals surface area contributed by atoms with Crippen molar-refractivity contribution >= 4 is 16.9 Å². The zero-order chi connectivity index (χ0) is 14.3. The van der Waals surface area contributed by atoms with Crippen LogP contribution in [-0.4, -0.2) is 33.6 Å². The molecule has 112 valence electrons. The number of thioether (sulfide) groups is 1. The summed E-state index contributed by atoms with van der Waals surface area (Å²) < 4.78 is 2.13. The van der Waals surface area contributed by atoms with Crippen molar-refractivity contribution in [1.29, 1.82) is 0 Å². The van der Waals surface area contributed by atoms with Gasteiger partial charge in [-0.25, -0.2) is 4.98 Å². The molecular formula is C15H26N4S. The lowest BCUT2D eigenvalue weighted by molar-refractivity contribution is 0.318. The summed E-state index contributed by atoms with van der Waals surface area (Å²) in [6, 6.07) is 0. The Hall–Kier alpha value is -0.970. The summed E-state index contributed by atoms with van der Waals surface area (Å²) in [6.07, 6.45) is 10.5. The van der Waals surface area contributed by atoms with Crippen molar-refractivity contribution in [1.82, 2.24) is 14.9 Å². The van der Waals surface area contributed by atoms with E-state index in [0.29, 0.717) is 5.41 Å². The Labute approximate surface area is 126 Å². The molecule has 0 aromatic carbocycles. The van der Waals surface area contributed by atoms with Crippen LogP contribution in [0.3, 0.4) is 0 Å². The van der Waals surface area contributed by atoms with Gasteiger partial charge in [0.1, 0.15) is 0 Å². The summed E-state index contributed by atoms with van der Waals surface area (Å²) in [5.74, 6) is 1.21. The number of aromatic nitrogens is 2. The molecule has 0 unspecified atom stereocenters. The summed E-state index contributed by atoms with van der Waals surface area (Å²) >= 11 is 1.90. The molecule has 2 rings (SSSR count). The Kier molecular flexibility index (Phi) is 5.95. The smallest absolute Gasteiger partial charge is 0.156 e. The lowest BCUT2D eigenvalue weighted by Gasteiger charge is -2.33. The fourth-order valence-corrected chi connectivity index (χ4v) is 3.67. The van der Waals surface area contributed by atoms with Crippen molar-refractivity contribution in [2.24, 2.45) is 10.4 Å². The van der Waals surface area contributed by atoms with E-state index in [2.05, 4.69) is 28.7 Å². The topological polar surface area (TPSA) is 42.2 Å². The van der Waals surface area contributed by atoms with E-state index in [1.807, 2.05) is 30.5 Å². The number of aryl methyl sites for hydroxylation is 1. The van der Waals surface area contributed by atoms with Crippen LogP contribution in [0.4, 0.5) is 0 Å². The molecule has 20 heavy (non-hydrogen) atoms. The van der Waals surface area contributed by atoms with Gasteiger partial charge in [0.15, 0.2) is 5.17 Å². The molecule has 0 atom stereocenters. The highest BCUT2D eigenvalue weighted by Crippen LogP contribution is 2.34. The van der Waals surface area contributed by atoms with Crippen LogP contribution in [0.5, 0.6) is 0 Å². The molecule has 0 spiro atoms. The van der Waals surface area contributed by atoms with Gasteiger partial charge in [0.25, 0.3) is 0 Å². The lowest BCUT2D eigenvalue weighted by Crippen LogP contribution is -2.34. The van der Waals surface area contributed by atoms with Crippen molar-refractivity contribution in [2.75, 3.05) is 18.8 Å². The number of rotatable bonds is 7. The zero-order valence-electron chi connectivity index (χ0n) is 12.6. The molecule has 0 fully saturated rings. The molecule has 1 aliphatic rings. The van der Waals surface area contributed by atoms with E-state index in [1.54, 1.807) is 0 Å². The lowest BCUT2D eigenvalue weighted by atomic mass is 9.84. The molecule has 4 nitrogen and oxygen atoms in total. The first-order valence-corrected chi connectivity index (χ1v) is 8.63. The maximum absolute atomic E-state index is 4.73. The van der Waals surface area contributed by atoms with Crippen LogP contribution in [0.1, 0.15) is 39.5 Å². The average Bonchev–Trinajstić information content (AvgIpc) is 3.01. The normalized spacial score (nSPS) is 17.8. The van der Waals surface area contributed by atoms with Crippen molar-refractivity contribution in [2.45, 2.75) is 46.1 Å². The number of nitrogens with one attached hydrogen (secondary N) is 1. The molecule has 0 amide bonds. The highest BCUT2D eigenvalue weighted by atomic mass is 32.2. The molecule has 1 N–H and O–H groups in total. The van der Waals surface area contributed by atoms with Gasteiger partial charge in [-0.15, -0.1) is 0 Å². The third-order valence-corrected chi connectivity index (χ3v) is 5.56. The maximum atomic E-state index is 4.73. The largest absolute Gasteiger partial charge is 0.365 e. The predicted octanol–water partition coefficient (Wildman–Crippen LogP) is 3.16. The number of aliphatic imine (C=N–C) groups is 1. The Balaban J connectivity index is 1.62. The minimum absolute atomic E-state index is 0.442. The first-order valence-electron chi connectivity index (χ1n) is 7.65. The van der Waals surface area contributed by atoms with Crippen molar-refractivity contribution in [3.8, 4) is 0 Å². The number of hydrogen-bond donors (Lipinski definition) is 1. The molecule has 2 heterocycles. The van der Waals surface area contributed by atoms with E-state index in [-0.39, 0.29) is 0 Å². The quantitative estimate of drug-likeness (QED) is 0.785. The minimum atomic E-state index is 0.442. The highest BCUT2D eigenvalue weighted by molar-refractivity contribution is 8.13. The van der Waals surface area contributed by atoms with Crippen molar-refractivity contribution in [3.63, 3.8) is 0 Å². The summed E-state index contributed by atoms with van der Waals surface area (Å²) in [6.45, 7) is 7.63. The van der Waals surface area contributed by atoms with Gasteiger partial charge in [-0.3, -0.25) is 4.99 Å². The van der Waals surface area contributed by atoms with Crippen LogP contribution in [0.25, 0.3) is 0 Å². The molecule has 1 aromatic heterocycles. The van der Waals surface area contributed by atoms with E-state index < -0.39 is 0 Å². The molecule has 0 aliphatic carbocycles. The van der Waals surface area contributed by atoms with Crippen LogP contribution >= 0.6 is 11.8 Å². The number of imidazole rings is 1. The summed E-state index contributed by atoms with van der Waals surface area (Å²) in [4.78, 5) is 8.77. The number of hydrogen-bond acceptors (Lipinski definition) is 4. The predicted molar refractivity (Wildman–Crippen MR) is 87.2 cm³/mol. The molecule has 0 radical (unpaired) electrons. The van der Waals surface area contributed by atoms with Gasteiger partial charge >= 0.3 is 0 Å². The Bertz CT molecular complexity index is 410. The number of unbranched alkanes of at least 4 members (excludes halogenated alkanes) is 1. The van der Waals surface area contributed by atoms with E-state index in [4.69, 9.17) is 4.99 Å². The van der Waals surface area contributed by atoms with Crippen molar-refractivity contribution < 1.29 is 0 Å². The minimum Gasteiger partial charge on any atom is -0.365 e. The van der Waals surface area contributed by atoms with Crippen LogP contribution in [0, 0.1) is 5.41 Å². The number of amidine groups is 1. The van der Waals surface area contributed by atoms with E-state index in [1.165, 1.54) is 31.4 Å². The molecule has 0 bridgehead atoms. The first-order chi connectivity index (χ1) is 9.78. The Morgan fingerprint density at radius 3 is 2.80 bits per heavy atom. The fraction of sp³-hybridized carbons (Fsp3) is 0.733. The summed E-state index contributed by atoms with van der Waals surface area (Å²) in [5, 5.41) is 4.62. The van der Waals surface area contributed by atoms with Gasteiger partial charge in [0.05, 0.1) is 6.33 Å². The van der Waals surface area contributed by atoms with E-state index >= 15 is 0 Å². The van der Waals surface area contributed by atoms with E-state index in [0.717, 1.165) is 24.8 Å². The SMILES string of the molecule is CCC1(CC)CN=C(NCCCCn2ccnc2)SC1. The second kappa shape index (κ2) is 7.72. The Morgan fingerprint density at radius 2 is 2.20 bits per heavy atom. The van der Waals surface area contributed by atoms with Gasteiger partial charge in [-0.1, -0.05) is 25.6 Å². The highest BCUT2D eigenvalue weighted by Gasteiger charge is 2.29. The van der Waals surface area contributed by atoms with E-state index in [9.17, 15) is 0 Å². The number of nitrogens with zero attached hydrogens (tertiary/aromatic N) is 3. The molecule has 5 heteroatoms. The second-order valence-electron chi connectivity index (χ2n) is 5.55. The summed E-state index contributed by atoms with van der Waals surface area (Å²) in [7, 11) is 0. The monoisotopic (exact) mass is 294 g/mol.